The molecule has 8 heteroatoms. The number of unbranched alkanes of at least 4 members (excludes halogenated alkanes) is 2. The number of benzene rings is 2. The van der Waals surface area contributed by atoms with Crippen molar-refractivity contribution in [3.05, 3.63) is 80.9 Å². The number of likely N-dealkylation sites (tertiary alicyclic amines) is 1. The molecule has 3 rings (SSSR count). The van der Waals surface area contributed by atoms with E-state index in [2.05, 4.69) is 25.7 Å². The fourth-order valence-corrected chi connectivity index (χ4v) is 4.85. The molecule has 0 aliphatic carbocycles. The molecule has 0 spiro atoms. The number of Topliss-reactive ketones (excluding diaryl/α,β-unsaturated/α-hetero) is 1. The van der Waals surface area contributed by atoms with Gasteiger partial charge in [-0.25, -0.2) is 0 Å². The van der Waals surface area contributed by atoms with Crippen LogP contribution in [-0.2, 0) is 16.0 Å². The van der Waals surface area contributed by atoms with Gasteiger partial charge in [0.1, 0.15) is 5.76 Å². The van der Waals surface area contributed by atoms with Gasteiger partial charge in [-0.2, -0.15) is 0 Å². The van der Waals surface area contributed by atoms with Crippen molar-refractivity contribution in [3.63, 3.8) is 0 Å². The lowest BCUT2D eigenvalue weighted by molar-refractivity contribution is -0.384. The minimum Gasteiger partial charge on any atom is -0.507 e. The molecule has 1 unspecified atom stereocenters. The number of amides is 1. The van der Waals surface area contributed by atoms with Gasteiger partial charge in [0.25, 0.3) is 17.4 Å². The molecule has 8 nitrogen and oxygen atoms in total. The van der Waals surface area contributed by atoms with Crippen LogP contribution in [0.1, 0.15) is 75.6 Å². The van der Waals surface area contributed by atoms with E-state index in [4.69, 9.17) is 0 Å². The molecule has 0 bridgehead atoms. The summed E-state index contributed by atoms with van der Waals surface area (Å²) >= 11 is 0. The molecule has 1 atom stereocenters. The lowest BCUT2D eigenvalue weighted by Gasteiger charge is -2.27. The summed E-state index contributed by atoms with van der Waals surface area (Å²) in [7, 11) is 0. The van der Waals surface area contributed by atoms with Crippen LogP contribution in [0.25, 0.3) is 5.76 Å². The minimum atomic E-state index is -0.737. The molecule has 1 fully saturated rings. The first-order valence-electron chi connectivity index (χ1n) is 13.7. The van der Waals surface area contributed by atoms with Crippen LogP contribution in [0, 0.1) is 10.1 Å². The molecule has 1 aliphatic rings. The maximum absolute atomic E-state index is 13.3. The smallest absolute Gasteiger partial charge is 0.295 e. The lowest BCUT2D eigenvalue weighted by atomic mass is 9.94. The van der Waals surface area contributed by atoms with Crippen LogP contribution in [0.5, 0.6) is 0 Å². The van der Waals surface area contributed by atoms with E-state index in [0.717, 1.165) is 62.9 Å². The SMILES string of the molecule is CCCCN(CCCC)CCCN1C(=O)C(=O)/C(=C(\O)c2ccc([N+](=O)[O-])cc2)C1c1ccc(CC)cc1. The third-order valence-corrected chi connectivity index (χ3v) is 7.12. The van der Waals surface area contributed by atoms with Gasteiger partial charge in [0.15, 0.2) is 0 Å². The molecule has 204 valence electrons. The monoisotopic (exact) mass is 521 g/mol. The molecular weight excluding hydrogens is 482 g/mol. The number of nitro benzene ring substituents is 1. The van der Waals surface area contributed by atoms with Crippen LogP contribution >= 0.6 is 0 Å². The van der Waals surface area contributed by atoms with Crippen molar-refractivity contribution >= 4 is 23.1 Å². The molecule has 2 aromatic carbocycles. The molecular formula is C30H39N3O5. The van der Waals surface area contributed by atoms with Crippen molar-refractivity contribution in [3.8, 4) is 0 Å². The lowest BCUT2D eigenvalue weighted by Crippen LogP contribution is -2.34. The van der Waals surface area contributed by atoms with Crippen LogP contribution in [-0.4, -0.2) is 57.7 Å². The zero-order chi connectivity index (χ0) is 27.7. The number of nitro groups is 1. The van der Waals surface area contributed by atoms with Crippen LogP contribution in [0.3, 0.4) is 0 Å². The summed E-state index contributed by atoms with van der Waals surface area (Å²) in [4.78, 5) is 41.0. The Morgan fingerprint density at radius 3 is 2.03 bits per heavy atom. The third kappa shape index (κ3) is 6.86. The molecule has 0 saturated carbocycles. The number of aliphatic hydroxyl groups is 1. The number of aliphatic hydroxyl groups excluding tert-OH is 1. The Hall–Kier alpha value is -3.52. The standard InChI is InChI=1S/C30H39N3O5/c1-4-7-18-31(19-8-5-2)20-9-21-32-27(23-12-10-22(6-3)11-13-23)26(29(35)30(32)36)28(34)24-14-16-25(17-15-24)33(37)38/h10-17,27,34H,4-9,18-21H2,1-3H3/b28-26-. The molecule has 1 amide bonds. The second kappa shape index (κ2) is 13.9. The van der Waals surface area contributed by atoms with Crippen LogP contribution in [0.15, 0.2) is 54.1 Å². The number of hydrogen-bond acceptors (Lipinski definition) is 6. The number of nitrogens with zero attached hydrogens (tertiary/aromatic N) is 3. The predicted octanol–water partition coefficient (Wildman–Crippen LogP) is 5.87. The van der Waals surface area contributed by atoms with Gasteiger partial charge in [-0.15, -0.1) is 0 Å². The first-order chi connectivity index (χ1) is 18.3. The Morgan fingerprint density at radius 2 is 1.50 bits per heavy atom. The average molecular weight is 522 g/mol. The summed E-state index contributed by atoms with van der Waals surface area (Å²) in [5.74, 6) is -1.69. The van der Waals surface area contributed by atoms with Gasteiger partial charge in [-0.05, 0) is 68.6 Å². The average Bonchev–Trinajstić information content (AvgIpc) is 3.18. The molecule has 38 heavy (non-hydrogen) atoms. The van der Waals surface area contributed by atoms with E-state index in [1.807, 2.05) is 24.3 Å². The second-order valence-electron chi connectivity index (χ2n) is 9.79. The van der Waals surface area contributed by atoms with Gasteiger partial charge < -0.3 is 14.9 Å². The fourth-order valence-electron chi connectivity index (χ4n) is 4.85. The largest absolute Gasteiger partial charge is 0.507 e. The number of ketones is 1. The van der Waals surface area contributed by atoms with Crippen LogP contribution in [0.4, 0.5) is 5.69 Å². The van der Waals surface area contributed by atoms with Gasteiger partial charge in [0.2, 0.25) is 0 Å². The van der Waals surface area contributed by atoms with Crippen molar-refractivity contribution in [2.45, 2.75) is 65.3 Å². The maximum Gasteiger partial charge on any atom is 0.295 e. The highest BCUT2D eigenvalue weighted by molar-refractivity contribution is 6.46. The Kier molecular flexibility index (Phi) is 10.6. The van der Waals surface area contributed by atoms with Crippen molar-refractivity contribution in [2.24, 2.45) is 0 Å². The highest BCUT2D eigenvalue weighted by Gasteiger charge is 2.45. The normalized spacial score (nSPS) is 16.9. The Bertz CT molecular complexity index is 1130. The van der Waals surface area contributed by atoms with Crippen molar-refractivity contribution < 1.29 is 19.6 Å². The Morgan fingerprint density at radius 1 is 0.921 bits per heavy atom. The third-order valence-electron chi connectivity index (χ3n) is 7.12. The molecule has 1 saturated heterocycles. The van der Waals surface area contributed by atoms with Crippen molar-refractivity contribution in [1.82, 2.24) is 9.80 Å². The second-order valence-corrected chi connectivity index (χ2v) is 9.79. The zero-order valence-electron chi connectivity index (χ0n) is 22.7. The van der Waals surface area contributed by atoms with Crippen molar-refractivity contribution in [2.75, 3.05) is 26.2 Å². The molecule has 2 aromatic rings. The number of rotatable bonds is 14. The summed E-state index contributed by atoms with van der Waals surface area (Å²) in [5, 5.41) is 22.3. The van der Waals surface area contributed by atoms with Crippen LogP contribution in [0.2, 0.25) is 0 Å². The summed E-state index contributed by atoms with van der Waals surface area (Å²) < 4.78 is 0. The summed E-state index contributed by atoms with van der Waals surface area (Å²) in [6, 6.07) is 12.4. The molecule has 1 N–H and O–H groups in total. The minimum absolute atomic E-state index is 0.0157. The quantitative estimate of drug-likeness (QED) is 0.110. The number of carbonyl (C=O) groups excluding carboxylic acids is 2. The summed E-state index contributed by atoms with van der Waals surface area (Å²) in [6.45, 7) is 9.63. The predicted molar refractivity (Wildman–Crippen MR) is 149 cm³/mol. The van der Waals surface area contributed by atoms with Gasteiger partial charge in [-0.1, -0.05) is 57.9 Å². The van der Waals surface area contributed by atoms with E-state index in [9.17, 15) is 24.8 Å². The molecule has 1 heterocycles. The number of hydrogen-bond donors (Lipinski definition) is 1. The van der Waals surface area contributed by atoms with Gasteiger partial charge in [0.05, 0.1) is 16.5 Å². The van der Waals surface area contributed by atoms with E-state index < -0.39 is 22.7 Å². The van der Waals surface area contributed by atoms with E-state index in [-0.39, 0.29) is 22.6 Å². The van der Waals surface area contributed by atoms with E-state index >= 15 is 0 Å². The molecule has 0 radical (unpaired) electrons. The maximum atomic E-state index is 13.3. The topological polar surface area (TPSA) is 104 Å². The van der Waals surface area contributed by atoms with Gasteiger partial charge in [0, 0.05) is 24.2 Å². The first-order valence-corrected chi connectivity index (χ1v) is 13.7. The summed E-state index contributed by atoms with van der Waals surface area (Å²) in [6.07, 6.45) is 6.04. The number of non-ortho nitro benzene ring substituents is 1. The van der Waals surface area contributed by atoms with E-state index in [0.29, 0.717) is 13.0 Å². The highest BCUT2D eigenvalue weighted by atomic mass is 16.6. The highest BCUT2D eigenvalue weighted by Crippen LogP contribution is 2.39. The zero-order valence-corrected chi connectivity index (χ0v) is 22.7. The number of carbonyl (C=O) groups is 2. The molecule has 1 aliphatic heterocycles. The van der Waals surface area contributed by atoms with Crippen LogP contribution < -0.4 is 0 Å². The summed E-state index contributed by atoms with van der Waals surface area (Å²) in [5.41, 5.74) is 2.03. The fraction of sp³-hybridized carbons (Fsp3) is 0.467. The first kappa shape index (κ1) is 29.0. The van der Waals surface area contributed by atoms with E-state index in [1.165, 1.54) is 24.3 Å². The Labute approximate surface area is 225 Å². The number of aryl methyl sites for hydroxylation is 1. The van der Waals surface area contributed by atoms with Gasteiger partial charge >= 0.3 is 0 Å². The van der Waals surface area contributed by atoms with Crippen molar-refractivity contribution in [1.29, 1.82) is 0 Å². The van der Waals surface area contributed by atoms with Gasteiger partial charge in [-0.3, -0.25) is 19.7 Å². The molecule has 0 aromatic heterocycles. The Balaban J connectivity index is 1.94. The van der Waals surface area contributed by atoms with E-state index in [1.54, 1.807) is 4.90 Å².